The number of hydrogen-bond acceptors (Lipinski definition) is 3. The Morgan fingerprint density at radius 2 is 1.11 bits per heavy atom. The van der Waals surface area contributed by atoms with Crippen molar-refractivity contribution in [2.45, 2.75) is 34.6 Å². The molecule has 3 heteroatoms. The first-order valence-corrected chi connectivity index (χ1v) is 7.10. The first kappa shape index (κ1) is 18.1. The normalized spacial score (nSPS) is 15.9. The van der Waals surface area contributed by atoms with Crippen LogP contribution in [0.2, 0.25) is 0 Å². The highest BCUT2D eigenvalue weighted by molar-refractivity contribution is 5.27. The minimum absolute atomic E-state index is 1.02. The van der Waals surface area contributed by atoms with Crippen LogP contribution in [0.3, 0.4) is 0 Å². The van der Waals surface area contributed by atoms with Crippen LogP contribution in [0.4, 0.5) is 0 Å². The second kappa shape index (κ2) is 9.96. The first-order chi connectivity index (χ1) is 8.97. The maximum atomic E-state index is 3.24. The van der Waals surface area contributed by atoms with E-state index in [0.29, 0.717) is 0 Å². The fourth-order valence-corrected chi connectivity index (χ4v) is 2.15. The molecule has 0 amide bonds. The molecular weight excluding hydrogens is 234 g/mol. The zero-order valence-electron chi connectivity index (χ0n) is 13.7. The van der Waals surface area contributed by atoms with Crippen LogP contribution in [-0.2, 0) is 0 Å². The second-order valence-electron chi connectivity index (χ2n) is 5.08. The predicted octanol–water partition coefficient (Wildman–Crippen LogP) is 2.96. The quantitative estimate of drug-likeness (QED) is 0.778. The summed E-state index contributed by atoms with van der Waals surface area (Å²) in [4.78, 5) is 4.45. The summed E-state index contributed by atoms with van der Waals surface area (Å²) in [6.45, 7) is 13.5. The molecule has 1 aliphatic rings. The van der Waals surface area contributed by atoms with E-state index in [0.717, 1.165) is 20.0 Å². The number of nitrogens with zero attached hydrogens (tertiary/aromatic N) is 2. The average molecular weight is 265 g/mol. The van der Waals surface area contributed by atoms with Crippen molar-refractivity contribution in [1.29, 1.82) is 0 Å². The lowest BCUT2D eigenvalue weighted by Gasteiger charge is -2.30. The lowest BCUT2D eigenvalue weighted by molar-refractivity contribution is 0.109. The molecule has 0 saturated carbocycles. The van der Waals surface area contributed by atoms with E-state index in [2.05, 4.69) is 68.2 Å². The molecule has 3 nitrogen and oxygen atoms in total. The van der Waals surface area contributed by atoms with Gasteiger partial charge in [0.05, 0.1) is 6.67 Å². The van der Waals surface area contributed by atoms with E-state index in [4.69, 9.17) is 0 Å². The molecule has 0 spiro atoms. The molecule has 2 rings (SSSR count). The van der Waals surface area contributed by atoms with Crippen molar-refractivity contribution in [1.82, 2.24) is 15.1 Å². The minimum atomic E-state index is 1.02. The second-order valence-corrected chi connectivity index (χ2v) is 5.08. The van der Waals surface area contributed by atoms with Gasteiger partial charge in [-0.1, -0.05) is 48.7 Å². The third kappa shape index (κ3) is 8.76. The molecule has 1 heterocycles. The summed E-state index contributed by atoms with van der Waals surface area (Å²) in [6, 6.07) is 6.56. The molecule has 1 fully saturated rings. The molecule has 0 aromatic heterocycles. The lowest BCUT2D eigenvalue weighted by Crippen LogP contribution is -2.49. The number of benzene rings is 1. The van der Waals surface area contributed by atoms with Gasteiger partial charge in [0.15, 0.2) is 0 Å². The summed E-state index contributed by atoms with van der Waals surface area (Å²) in [7, 11) is 4.20. The lowest BCUT2D eigenvalue weighted by atomic mass is 10.1. The van der Waals surface area contributed by atoms with Gasteiger partial charge in [-0.3, -0.25) is 15.1 Å². The Morgan fingerprint density at radius 3 is 1.32 bits per heavy atom. The molecule has 110 valence electrons. The highest BCUT2D eigenvalue weighted by atomic mass is 15.4. The molecule has 1 saturated heterocycles. The smallest absolute Gasteiger partial charge is 0.0523 e. The van der Waals surface area contributed by atoms with Crippen LogP contribution in [0.15, 0.2) is 18.2 Å². The molecular formula is C16H31N3. The van der Waals surface area contributed by atoms with E-state index in [9.17, 15) is 0 Å². The van der Waals surface area contributed by atoms with Gasteiger partial charge in [0, 0.05) is 13.3 Å². The van der Waals surface area contributed by atoms with Crippen molar-refractivity contribution in [3.8, 4) is 0 Å². The average Bonchev–Trinajstić information content (AvgIpc) is 2.30. The van der Waals surface area contributed by atoms with E-state index >= 15 is 0 Å². The molecule has 0 radical (unpaired) electrons. The molecule has 0 atom stereocenters. The minimum Gasteiger partial charge on any atom is -0.291 e. The SMILES string of the molecule is CC.CN1CNCN(C)C1.Cc1cc(C)cc(C)c1. The van der Waals surface area contributed by atoms with Crippen LogP contribution in [0, 0.1) is 20.8 Å². The number of rotatable bonds is 0. The Kier molecular flexibility index (Phi) is 9.48. The standard InChI is InChI=1S/C9H12.C5H13N3.C2H6/c1-7-4-8(2)6-9(3)5-7;1-7-3-6-4-8(2)5-7;1-2/h4-6H,1-3H3;6H,3-5H2,1-2H3;1-2H3. The van der Waals surface area contributed by atoms with Crippen molar-refractivity contribution in [3.05, 3.63) is 34.9 Å². The molecule has 0 bridgehead atoms. The summed E-state index contributed by atoms with van der Waals surface area (Å²) < 4.78 is 0. The molecule has 1 N–H and O–H groups in total. The van der Waals surface area contributed by atoms with Gasteiger partial charge in [-0.15, -0.1) is 0 Å². The van der Waals surface area contributed by atoms with E-state index in [-0.39, 0.29) is 0 Å². The third-order valence-corrected chi connectivity index (χ3v) is 2.61. The summed E-state index contributed by atoms with van der Waals surface area (Å²) in [5, 5.41) is 3.24. The van der Waals surface area contributed by atoms with Crippen LogP contribution in [0.25, 0.3) is 0 Å². The molecule has 19 heavy (non-hydrogen) atoms. The van der Waals surface area contributed by atoms with E-state index < -0.39 is 0 Å². The van der Waals surface area contributed by atoms with Gasteiger partial charge in [-0.2, -0.15) is 0 Å². The Morgan fingerprint density at radius 1 is 0.789 bits per heavy atom. The van der Waals surface area contributed by atoms with Gasteiger partial charge in [-0.05, 0) is 34.9 Å². The van der Waals surface area contributed by atoms with Crippen molar-refractivity contribution < 1.29 is 0 Å². The maximum absolute atomic E-state index is 3.24. The van der Waals surface area contributed by atoms with Crippen molar-refractivity contribution >= 4 is 0 Å². The number of hydrogen-bond donors (Lipinski definition) is 1. The molecule has 0 aliphatic carbocycles. The Bertz CT molecular complexity index is 291. The van der Waals surface area contributed by atoms with Gasteiger partial charge < -0.3 is 0 Å². The fraction of sp³-hybridized carbons (Fsp3) is 0.625. The van der Waals surface area contributed by atoms with Crippen molar-refractivity contribution in [3.63, 3.8) is 0 Å². The topological polar surface area (TPSA) is 18.5 Å². The highest BCUT2D eigenvalue weighted by Gasteiger charge is 2.06. The van der Waals surface area contributed by atoms with Gasteiger partial charge in [0.25, 0.3) is 0 Å². The van der Waals surface area contributed by atoms with E-state index in [1.165, 1.54) is 16.7 Å². The first-order valence-electron chi connectivity index (χ1n) is 7.10. The highest BCUT2D eigenvalue weighted by Crippen LogP contribution is 2.06. The molecule has 0 unspecified atom stereocenters. The molecule has 1 aromatic rings. The van der Waals surface area contributed by atoms with Crippen LogP contribution in [-0.4, -0.2) is 43.9 Å². The van der Waals surface area contributed by atoms with E-state index in [1.807, 2.05) is 13.8 Å². The maximum Gasteiger partial charge on any atom is 0.0523 e. The fourth-order valence-electron chi connectivity index (χ4n) is 2.15. The van der Waals surface area contributed by atoms with E-state index in [1.54, 1.807) is 0 Å². The summed E-state index contributed by atoms with van der Waals surface area (Å²) in [5.74, 6) is 0. The summed E-state index contributed by atoms with van der Waals surface area (Å²) in [6.07, 6.45) is 0. The summed E-state index contributed by atoms with van der Waals surface area (Å²) in [5.41, 5.74) is 4.06. The van der Waals surface area contributed by atoms with Gasteiger partial charge in [-0.25, -0.2) is 0 Å². The monoisotopic (exact) mass is 265 g/mol. The number of nitrogens with one attached hydrogen (secondary N) is 1. The van der Waals surface area contributed by atoms with Gasteiger partial charge in [0.2, 0.25) is 0 Å². The van der Waals surface area contributed by atoms with Crippen LogP contribution in [0.1, 0.15) is 30.5 Å². The Balaban J connectivity index is 0.000000303. The van der Waals surface area contributed by atoms with Crippen LogP contribution >= 0.6 is 0 Å². The predicted molar refractivity (Wildman–Crippen MR) is 85.3 cm³/mol. The zero-order valence-corrected chi connectivity index (χ0v) is 13.7. The zero-order chi connectivity index (χ0) is 14.8. The Labute approximate surface area is 119 Å². The van der Waals surface area contributed by atoms with Crippen LogP contribution < -0.4 is 5.32 Å². The largest absolute Gasteiger partial charge is 0.291 e. The van der Waals surface area contributed by atoms with Gasteiger partial charge in [0.1, 0.15) is 0 Å². The number of aryl methyl sites for hydroxylation is 3. The van der Waals surface area contributed by atoms with Crippen molar-refractivity contribution in [2.75, 3.05) is 34.1 Å². The third-order valence-electron chi connectivity index (χ3n) is 2.61. The summed E-state index contributed by atoms with van der Waals surface area (Å²) >= 11 is 0. The van der Waals surface area contributed by atoms with Crippen molar-refractivity contribution in [2.24, 2.45) is 0 Å². The Hall–Kier alpha value is -0.900. The molecule has 1 aromatic carbocycles. The van der Waals surface area contributed by atoms with Gasteiger partial charge >= 0.3 is 0 Å². The molecule has 1 aliphatic heterocycles. The van der Waals surface area contributed by atoms with Crippen LogP contribution in [0.5, 0.6) is 0 Å².